The van der Waals surface area contributed by atoms with Crippen LogP contribution in [0.4, 0.5) is 5.82 Å². The van der Waals surface area contributed by atoms with E-state index in [1.807, 2.05) is 26.1 Å². The number of nitrogens with one attached hydrogen (secondary N) is 2. The first kappa shape index (κ1) is 19.9. The number of aromatic nitrogens is 2. The summed E-state index contributed by atoms with van der Waals surface area (Å²) in [6.07, 6.45) is 0. The molecule has 0 aliphatic rings. The van der Waals surface area contributed by atoms with Gasteiger partial charge in [0.1, 0.15) is 0 Å². The third-order valence-corrected chi connectivity index (χ3v) is 5.14. The topological polar surface area (TPSA) is 68.3 Å². The average Bonchev–Trinajstić information content (AvgIpc) is 2.70. The zero-order chi connectivity index (χ0) is 20.3. The van der Waals surface area contributed by atoms with Gasteiger partial charge in [-0.05, 0) is 56.6 Å². The molecule has 6 heteroatoms. The molecule has 148 valence electrons. The van der Waals surface area contributed by atoms with Crippen molar-refractivity contribution in [2.75, 3.05) is 26.6 Å². The second-order valence-corrected chi connectivity index (χ2v) is 6.91. The molecule has 0 spiro atoms. The highest BCUT2D eigenvalue weighted by Gasteiger charge is 2.16. The second kappa shape index (κ2) is 8.44. The van der Waals surface area contributed by atoms with Crippen LogP contribution in [0.3, 0.4) is 0 Å². The van der Waals surface area contributed by atoms with Gasteiger partial charge in [0, 0.05) is 17.3 Å². The van der Waals surface area contributed by atoms with Crippen LogP contribution in [0.2, 0.25) is 0 Å². The summed E-state index contributed by atoms with van der Waals surface area (Å²) in [5, 5.41) is 17.5. The van der Waals surface area contributed by atoms with Crippen molar-refractivity contribution in [1.29, 1.82) is 0 Å². The van der Waals surface area contributed by atoms with Gasteiger partial charge in [-0.25, -0.2) is 0 Å². The van der Waals surface area contributed by atoms with E-state index >= 15 is 0 Å². The molecule has 3 aromatic rings. The van der Waals surface area contributed by atoms with Gasteiger partial charge in [-0.3, -0.25) is 0 Å². The first-order chi connectivity index (χ1) is 13.5. The van der Waals surface area contributed by atoms with Gasteiger partial charge in [0.2, 0.25) is 0 Å². The number of hydrogen-bond acceptors (Lipinski definition) is 6. The van der Waals surface area contributed by atoms with Gasteiger partial charge in [0.05, 0.1) is 26.0 Å². The zero-order valence-electron chi connectivity index (χ0n) is 17.4. The smallest absolute Gasteiger partial charge is 0.161 e. The monoisotopic (exact) mass is 380 g/mol. The molecule has 6 nitrogen and oxygen atoms in total. The number of fused-ring (bicyclic) bond motifs is 1. The van der Waals surface area contributed by atoms with Crippen LogP contribution in [0.15, 0.2) is 30.3 Å². The molecule has 0 radical (unpaired) electrons. The molecule has 0 saturated heterocycles. The van der Waals surface area contributed by atoms with Gasteiger partial charge in [-0.15, -0.1) is 5.10 Å². The van der Waals surface area contributed by atoms with E-state index in [0.29, 0.717) is 11.5 Å². The summed E-state index contributed by atoms with van der Waals surface area (Å²) in [5.74, 6) is 2.08. The Morgan fingerprint density at radius 3 is 2.32 bits per heavy atom. The fraction of sp³-hybridized carbons (Fsp3) is 0.364. The molecule has 2 aromatic carbocycles. The van der Waals surface area contributed by atoms with Crippen molar-refractivity contribution >= 4 is 16.6 Å². The molecule has 1 unspecified atom stereocenters. The molecular formula is C22H28N4O2. The van der Waals surface area contributed by atoms with Crippen LogP contribution in [0.5, 0.6) is 11.5 Å². The van der Waals surface area contributed by atoms with Gasteiger partial charge in [0.15, 0.2) is 17.3 Å². The van der Waals surface area contributed by atoms with E-state index in [1.165, 1.54) is 16.7 Å². The van der Waals surface area contributed by atoms with Crippen molar-refractivity contribution in [2.45, 2.75) is 33.4 Å². The standard InChI is InChI=1S/C22H28N4O2/c1-13-16(12-23-4)8-7-9-17(13)14(2)24-22-19-11-21(28-6)20(27-5)10-18(19)15(3)25-26-22/h7-11,14,23H,12H2,1-6H3,(H,24,26). The van der Waals surface area contributed by atoms with E-state index < -0.39 is 0 Å². The van der Waals surface area contributed by atoms with Crippen molar-refractivity contribution in [1.82, 2.24) is 15.5 Å². The largest absolute Gasteiger partial charge is 0.493 e. The lowest BCUT2D eigenvalue weighted by Gasteiger charge is -2.20. The Bertz CT molecular complexity index is 988. The Hall–Kier alpha value is -2.86. The van der Waals surface area contributed by atoms with Gasteiger partial charge in [-0.1, -0.05) is 18.2 Å². The molecule has 28 heavy (non-hydrogen) atoms. The third kappa shape index (κ3) is 3.73. The van der Waals surface area contributed by atoms with Crippen molar-refractivity contribution in [3.05, 3.63) is 52.7 Å². The van der Waals surface area contributed by atoms with Crippen LogP contribution in [-0.4, -0.2) is 31.5 Å². The SMILES string of the molecule is CNCc1cccc(C(C)Nc2nnc(C)c3cc(OC)c(OC)cc23)c1C. The Morgan fingerprint density at radius 2 is 1.68 bits per heavy atom. The maximum Gasteiger partial charge on any atom is 0.161 e. The summed E-state index contributed by atoms with van der Waals surface area (Å²) in [5.41, 5.74) is 4.66. The van der Waals surface area contributed by atoms with Crippen molar-refractivity contribution < 1.29 is 9.47 Å². The van der Waals surface area contributed by atoms with E-state index in [2.05, 4.69) is 52.9 Å². The van der Waals surface area contributed by atoms with E-state index in [0.717, 1.165) is 28.8 Å². The molecule has 2 N–H and O–H groups in total. The summed E-state index contributed by atoms with van der Waals surface area (Å²) in [6.45, 7) is 7.09. The Balaban J connectivity index is 2.03. The van der Waals surface area contributed by atoms with Crippen molar-refractivity contribution in [3.8, 4) is 11.5 Å². The van der Waals surface area contributed by atoms with Crippen LogP contribution in [-0.2, 0) is 6.54 Å². The van der Waals surface area contributed by atoms with Crippen LogP contribution < -0.4 is 20.1 Å². The molecule has 0 aliphatic carbocycles. The lowest BCUT2D eigenvalue weighted by Crippen LogP contribution is -2.13. The van der Waals surface area contributed by atoms with Gasteiger partial charge in [0.25, 0.3) is 0 Å². The molecular weight excluding hydrogens is 352 g/mol. The first-order valence-corrected chi connectivity index (χ1v) is 9.38. The Kier molecular flexibility index (Phi) is 5.99. The number of rotatable bonds is 7. The Labute approximate surface area is 166 Å². The van der Waals surface area contributed by atoms with E-state index in [9.17, 15) is 0 Å². The number of aryl methyl sites for hydroxylation is 1. The minimum Gasteiger partial charge on any atom is -0.493 e. The first-order valence-electron chi connectivity index (χ1n) is 9.38. The van der Waals surface area contributed by atoms with E-state index in [-0.39, 0.29) is 6.04 Å². The predicted octanol–water partition coefficient (Wildman–Crippen LogP) is 4.16. The number of ether oxygens (including phenoxy) is 2. The third-order valence-electron chi connectivity index (χ3n) is 5.14. The highest BCUT2D eigenvalue weighted by atomic mass is 16.5. The molecule has 0 saturated carbocycles. The fourth-order valence-corrected chi connectivity index (χ4v) is 3.55. The second-order valence-electron chi connectivity index (χ2n) is 6.91. The maximum absolute atomic E-state index is 5.48. The molecule has 0 fully saturated rings. The zero-order valence-corrected chi connectivity index (χ0v) is 17.4. The van der Waals surface area contributed by atoms with Gasteiger partial charge < -0.3 is 20.1 Å². The minimum atomic E-state index is 0.0742. The van der Waals surface area contributed by atoms with Crippen molar-refractivity contribution in [2.24, 2.45) is 0 Å². The molecule has 0 amide bonds. The van der Waals surface area contributed by atoms with Crippen LogP contribution in [0.25, 0.3) is 10.8 Å². The fourth-order valence-electron chi connectivity index (χ4n) is 3.55. The van der Waals surface area contributed by atoms with Gasteiger partial charge in [-0.2, -0.15) is 5.10 Å². The average molecular weight is 380 g/mol. The molecule has 0 aliphatic heterocycles. The maximum atomic E-state index is 5.48. The number of nitrogens with zero attached hydrogens (tertiary/aromatic N) is 2. The van der Waals surface area contributed by atoms with Crippen LogP contribution in [0, 0.1) is 13.8 Å². The van der Waals surface area contributed by atoms with E-state index in [1.54, 1.807) is 14.2 Å². The summed E-state index contributed by atoms with van der Waals surface area (Å²) in [6, 6.07) is 10.4. The molecule has 0 bridgehead atoms. The number of methoxy groups -OCH3 is 2. The molecule has 1 atom stereocenters. The summed E-state index contributed by atoms with van der Waals surface area (Å²) in [7, 11) is 5.23. The highest BCUT2D eigenvalue weighted by molar-refractivity contribution is 5.95. The molecule has 1 heterocycles. The summed E-state index contributed by atoms with van der Waals surface area (Å²) < 4.78 is 10.9. The van der Waals surface area contributed by atoms with Crippen LogP contribution in [0.1, 0.15) is 35.3 Å². The number of benzene rings is 2. The Morgan fingerprint density at radius 1 is 1.00 bits per heavy atom. The lowest BCUT2D eigenvalue weighted by molar-refractivity contribution is 0.356. The summed E-state index contributed by atoms with van der Waals surface area (Å²) in [4.78, 5) is 0. The highest BCUT2D eigenvalue weighted by Crippen LogP contribution is 2.36. The normalized spacial score (nSPS) is 12.1. The van der Waals surface area contributed by atoms with Crippen molar-refractivity contribution in [3.63, 3.8) is 0 Å². The number of anilines is 1. The van der Waals surface area contributed by atoms with E-state index in [4.69, 9.17) is 9.47 Å². The lowest BCUT2D eigenvalue weighted by atomic mass is 9.97. The molecule has 3 rings (SSSR count). The summed E-state index contributed by atoms with van der Waals surface area (Å²) >= 11 is 0. The van der Waals surface area contributed by atoms with Gasteiger partial charge >= 0.3 is 0 Å². The minimum absolute atomic E-state index is 0.0742. The van der Waals surface area contributed by atoms with Crippen LogP contribution >= 0.6 is 0 Å². The molecule has 1 aromatic heterocycles. The number of hydrogen-bond donors (Lipinski definition) is 2. The quantitative estimate of drug-likeness (QED) is 0.642. The predicted molar refractivity (Wildman–Crippen MR) is 113 cm³/mol.